The molecular formula is C29H30F2N6O3. The Kier molecular flexibility index (Phi) is 7.23. The van der Waals surface area contributed by atoms with Crippen molar-refractivity contribution in [3.8, 4) is 5.75 Å². The normalized spacial score (nSPS) is 21.1. The maximum absolute atomic E-state index is 14.8. The molecule has 2 fully saturated rings. The van der Waals surface area contributed by atoms with Crippen LogP contribution < -0.4 is 20.3 Å². The number of hydrogen-bond acceptors (Lipinski definition) is 8. The highest BCUT2D eigenvalue weighted by atomic mass is 19.1. The van der Waals surface area contributed by atoms with Crippen molar-refractivity contribution in [3.05, 3.63) is 96.6 Å². The number of piperazine rings is 1. The fourth-order valence-corrected chi connectivity index (χ4v) is 5.13. The molecule has 2 saturated heterocycles. The first-order valence-corrected chi connectivity index (χ1v) is 13.2. The number of nitrogens with two attached hydrogens (primary N) is 1. The number of ether oxygens (including phenoxy) is 3. The van der Waals surface area contributed by atoms with Crippen LogP contribution >= 0.6 is 0 Å². The Morgan fingerprint density at radius 3 is 2.23 bits per heavy atom. The zero-order chi connectivity index (χ0) is 27.5. The van der Waals surface area contributed by atoms with Crippen LogP contribution in [0.3, 0.4) is 0 Å². The summed E-state index contributed by atoms with van der Waals surface area (Å²) >= 11 is 0. The maximum Gasteiger partial charge on any atom is 0.218 e. The van der Waals surface area contributed by atoms with E-state index in [0.717, 1.165) is 43.6 Å². The lowest BCUT2D eigenvalue weighted by Crippen LogP contribution is -2.46. The summed E-state index contributed by atoms with van der Waals surface area (Å²) in [4.78, 5) is 8.64. The van der Waals surface area contributed by atoms with E-state index in [0.29, 0.717) is 5.75 Å². The lowest BCUT2D eigenvalue weighted by Gasteiger charge is -2.37. The van der Waals surface area contributed by atoms with Crippen molar-refractivity contribution in [2.24, 2.45) is 0 Å². The van der Waals surface area contributed by atoms with Crippen molar-refractivity contribution >= 4 is 17.1 Å². The predicted octanol–water partition coefficient (Wildman–Crippen LogP) is 3.81. The number of halogens is 2. The van der Waals surface area contributed by atoms with Crippen LogP contribution in [0.15, 0.2) is 79.4 Å². The average Bonchev–Trinajstić information content (AvgIpc) is 3.63. The Hall–Kier alpha value is -4.22. The van der Waals surface area contributed by atoms with Gasteiger partial charge in [-0.15, -0.1) is 0 Å². The van der Waals surface area contributed by atoms with Gasteiger partial charge in [0.1, 0.15) is 49.3 Å². The van der Waals surface area contributed by atoms with Crippen molar-refractivity contribution in [1.29, 1.82) is 0 Å². The van der Waals surface area contributed by atoms with Gasteiger partial charge in [0.25, 0.3) is 0 Å². The van der Waals surface area contributed by atoms with Crippen molar-refractivity contribution < 1.29 is 23.0 Å². The summed E-state index contributed by atoms with van der Waals surface area (Å²) in [5.41, 5.74) is 8.98. The molecule has 0 radical (unpaired) electrons. The third-order valence-corrected chi connectivity index (χ3v) is 7.21. The number of nitrogens with zero attached hydrogens (tertiary/aromatic N) is 5. The molecule has 3 aromatic carbocycles. The van der Waals surface area contributed by atoms with Crippen LogP contribution in [0, 0.1) is 11.6 Å². The van der Waals surface area contributed by atoms with E-state index in [2.05, 4.69) is 32.0 Å². The zero-order valence-corrected chi connectivity index (χ0v) is 21.8. The monoisotopic (exact) mass is 548 g/mol. The second-order valence-electron chi connectivity index (χ2n) is 9.89. The SMILES string of the molecule is Nc1ccc(N2CCN(c3ccc(OC[C@@H]4CO[C@@](Cn5cncn5)(c5ccc(F)cc5F)O4)cc3)CC2)cc1. The van der Waals surface area contributed by atoms with Crippen LogP contribution in [0.1, 0.15) is 5.56 Å². The van der Waals surface area contributed by atoms with E-state index in [9.17, 15) is 8.78 Å². The van der Waals surface area contributed by atoms with Gasteiger partial charge >= 0.3 is 0 Å². The van der Waals surface area contributed by atoms with Crippen molar-refractivity contribution in [1.82, 2.24) is 14.8 Å². The van der Waals surface area contributed by atoms with E-state index in [4.69, 9.17) is 19.9 Å². The molecule has 2 aliphatic heterocycles. The van der Waals surface area contributed by atoms with E-state index >= 15 is 0 Å². The van der Waals surface area contributed by atoms with Gasteiger partial charge in [-0.2, -0.15) is 5.10 Å². The third-order valence-electron chi connectivity index (χ3n) is 7.21. The lowest BCUT2D eigenvalue weighted by molar-refractivity contribution is -0.192. The molecule has 0 unspecified atom stereocenters. The maximum atomic E-state index is 14.8. The first-order chi connectivity index (χ1) is 19.5. The minimum Gasteiger partial charge on any atom is -0.491 e. The fraction of sp³-hybridized carbons (Fsp3) is 0.310. The van der Waals surface area contributed by atoms with Crippen LogP contribution in [-0.4, -0.2) is 60.3 Å². The van der Waals surface area contributed by atoms with Gasteiger partial charge in [0.05, 0.1) is 6.61 Å². The molecule has 9 nitrogen and oxygen atoms in total. The van der Waals surface area contributed by atoms with Crippen molar-refractivity contribution in [2.75, 3.05) is 54.9 Å². The number of rotatable bonds is 8. The van der Waals surface area contributed by atoms with Gasteiger partial charge in [0.15, 0.2) is 0 Å². The average molecular weight is 549 g/mol. The Labute approximate surface area is 230 Å². The Morgan fingerprint density at radius 1 is 0.925 bits per heavy atom. The van der Waals surface area contributed by atoms with Gasteiger partial charge in [-0.05, 0) is 60.7 Å². The zero-order valence-electron chi connectivity index (χ0n) is 21.8. The van der Waals surface area contributed by atoms with Gasteiger partial charge < -0.3 is 29.7 Å². The van der Waals surface area contributed by atoms with Gasteiger partial charge in [-0.1, -0.05) is 0 Å². The lowest BCUT2D eigenvalue weighted by atomic mass is 10.0. The first-order valence-electron chi connectivity index (χ1n) is 13.2. The Bertz CT molecular complexity index is 1410. The van der Waals surface area contributed by atoms with E-state index in [1.54, 1.807) is 0 Å². The van der Waals surface area contributed by atoms with Crippen LogP contribution in [0.25, 0.3) is 0 Å². The number of benzene rings is 3. The fourth-order valence-electron chi connectivity index (χ4n) is 5.13. The summed E-state index contributed by atoms with van der Waals surface area (Å²) in [5.74, 6) is -2.24. The molecule has 0 saturated carbocycles. The number of nitrogen functional groups attached to an aromatic ring is 1. The minimum absolute atomic E-state index is 0.0480. The standard InChI is InChI=1S/C29H30F2N6O3/c30-21-1-10-27(28(31)15-21)29(18-37-20-33-19-34-37)39-17-26(40-29)16-38-25-8-6-24(7-9-25)36-13-11-35(12-14-36)23-4-2-22(32)3-5-23/h1-10,15,19-20,26H,11-14,16-18,32H2/t26-,29-/m1/s1. The van der Waals surface area contributed by atoms with E-state index < -0.39 is 23.5 Å². The molecule has 2 aliphatic rings. The van der Waals surface area contributed by atoms with Gasteiger partial charge in [-0.3, -0.25) is 0 Å². The van der Waals surface area contributed by atoms with Crippen LogP contribution in [0.4, 0.5) is 25.8 Å². The second kappa shape index (κ2) is 11.1. The summed E-state index contributed by atoms with van der Waals surface area (Å²) in [6.07, 6.45) is 2.38. The van der Waals surface area contributed by atoms with Gasteiger partial charge in [-0.25, -0.2) is 18.4 Å². The molecular weight excluding hydrogens is 518 g/mol. The summed E-state index contributed by atoms with van der Waals surface area (Å²) < 4.78 is 48.1. The highest BCUT2D eigenvalue weighted by Crippen LogP contribution is 2.38. The molecule has 1 aromatic heterocycles. The summed E-state index contributed by atoms with van der Waals surface area (Å²) in [6, 6.07) is 19.3. The highest BCUT2D eigenvalue weighted by Gasteiger charge is 2.46. The predicted molar refractivity (Wildman–Crippen MR) is 146 cm³/mol. The third kappa shape index (κ3) is 5.56. The molecule has 2 atom stereocenters. The molecule has 40 heavy (non-hydrogen) atoms. The molecule has 0 spiro atoms. The first kappa shape index (κ1) is 26.0. The number of hydrogen-bond donors (Lipinski definition) is 1. The van der Waals surface area contributed by atoms with E-state index in [1.807, 2.05) is 36.4 Å². The Balaban J connectivity index is 1.06. The van der Waals surface area contributed by atoms with Gasteiger partial charge in [0, 0.05) is 54.9 Å². The largest absolute Gasteiger partial charge is 0.491 e. The minimum atomic E-state index is -1.49. The van der Waals surface area contributed by atoms with Crippen LogP contribution in [-0.2, 0) is 21.8 Å². The molecule has 0 amide bonds. The van der Waals surface area contributed by atoms with Crippen molar-refractivity contribution in [3.63, 3.8) is 0 Å². The van der Waals surface area contributed by atoms with Crippen LogP contribution in [0.2, 0.25) is 0 Å². The van der Waals surface area contributed by atoms with Crippen LogP contribution in [0.5, 0.6) is 5.75 Å². The molecule has 2 N–H and O–H groups in total. The van der Waals surface area contributed by atoms with E-state index in [1.165, 1.54) is 35.2 Å². The molecule has 3 heterocycles. The molecule has 0 bridgehead atoms. The quantitative estimate of drug-likeness (QED) is 0.333. The number of aromatic nitrogens is 3. The summed E-state index contributed by atoms with van der Waals surface area (Å²) in [6.45, 7) is 4.07. The Morgan fingerprint density at radius 2 is 1.60 bits per heavy atom. The molecule has 0 aliphatic carbocycles. The van der Waals surface area contributed by atoms with Crippen molar-refractivity contribution in [2.45, 2.75) is 18.4 Å². The molecule has 208 valence electrons. The summed E-state index contributed by atoms with van der Waals surface area (Å²) in [7, 11) is 0. The molecule has 11 heteroatoms. The molecule has 4 aromatic rings. The highest BCUT2D eigenvalue weighted by molar-refractivity contribution is 5.55. The molecule has 6 rings (SSSR count). The smallest absolute Gasteiger partial charge is 0.218 e. The number of anilines is 3. The van der Waals surface area contributed by atoms with Gasteiger partial charge in [0.2, 0.25) is 5.79 Å². The van der Waals surface area contributed by atoms with E-state index in [-0.39, 0.29) is 25.3 Å². The summed E-state index contributed by atoms with van der Waals surface area (Å²) in [5, 5.41) is 4.09. The second-order valence-corrected chi connectivity index (χ2v) is 9.89. The topological polar surface area (TPSA) is 90.9 Å².